The molecular formula is C15H19N3O4S. The molecule has 0 atom stereocenters. The number of pyridine rings is 1. The average Bonchev–Trinajstić information content (AvgIpc) is 2.54. The predicted molar refractivity (Wildman–Crippen MR) is 87.7 cm³/mol. The lowest BCUT2D eigenvalue weighted by molar-refractivity contribution is -0.118. The molecule has 0 saturated carbocycles. The van der Waals surface area contributed by atoms with Gasteiger partial charge >= 0.3 is 0 Å². The Labute approximate surface area is 135 Å². The molecule has 0 unspecified atom stereocenters. The Hall–Kier alpha value is -2.19. The normalized spacial score (nSPS) is 11.3. The summed E-state index contributed by atoms with van der Waals surface area (Å²) in [5.41, 5.74) is 0.791. The SMILES string of the molecule is CNS(=O)(=O)CC(=O)NCCCOc1cccc2cccnc12. The maximum Gasteiger partial charge on any atom is 0.236 e. The maximum absolute atomic E-state index is 11.4. The number of fused-ring (bicyclic) bond motifs is 1. The van der Waals surface area contributed by atoms with E-state index in [1.807, 2.05) is 30.3 Å². The minimum Gasteiger partial charge on any atom is -0.491 e. The van der Waals surface area contributed by atoms with Crippen molar-refractivity contribution in [3.8, 4) is 5.75 Å². The molecular weight excluding hydrogens is 318 g/mol. The molecule has 0 spiro atoms. The number of benzene rings is 1. The minimum atomic E-state index is -3.53. The van der Waals surface area contributed by atoms with Gasteiger partial charge in [-0.05, 0) is 25.6 Å². The molecule has 7 nitrogen and oxygen atoms in total. The highest BCUT2D eigenvalue weighted by Crippen LogP contribution is 2.22. The number of nitrogens with one attached hydrogen (secondary N) is 2. The van der Waals surface area contributed by atoms with Gasteiger partial charge in [-0.1, -0.05) is 18.2 Å². The van der Waals surface area contributed by atoms with Gasteiger partial charge in [0.05, 0.1) is 6.61 Å². The summed E-state index contributed by atoms with van der Waals surface area (Å²) < 4.78 is 30.2. The van der Waals surface area contributed by atoms with Crippen molar-refractivity contribution in [3.63, 3.8) is 0 Å². The lowest BCUT2D eigenvalue weighted by Crippen LogP contribution is -2.35. The van der Waals surface area contributed by atoms with Gasteiger partial charge < -0.3 is 10.1 Å². The van der Waals surface area contributed by atoms with Crippen molar-refractivity contribution in [1.82, 2.24) is 15.0 Å². The monoisotopic (exact) mass is 337 g/mol. The standard InChI is InChI=1S/C15H19N3O4S/c1-16-23(20,21)11-14(19)17-9-4-10-22-13-7-2-5-12-6-3-8-18-15(12)13/h2-3,5-8,16H,4,9-11H2,1H3,(H,17,19). The van der Waals surface area contributed by atoms with Crippen LogP contribution in [-0.4, -0.2) is 45.3 Å². The molecule has 0 radical (unpaired) electrons. The molecule has 0 bridgehead atoms. The van der Waals surface area contributed by atoms with Gasteiger partial charge in [-0.15, -0.1) is 0 Å². The zero-order valence-electron chi connectivity index (χ0n) is 12.8. The van der Waals surface area contributed by atoms with Crippen molar-refractivity contribution in [2.75, 3.05) is 26.0 Å². The van der Waals surface area contributed by atoms with E-state index in [2.05, 4.69) is 15.0 Å². The lowest BCUT2D eigenvalue weighted by atomic mass is 10.2. The second-order valence-electron chi connectivity index (χ2n) is 4.85. The predicted octanol–water partition coefficient (Wildman–Crippen LogP) is 0.669. The van der Waals surface area contributed by atoms with Crippen LogP contribution >= 0.6 is 0 Å². The number of hydrogen-bond acceptors (Lipinski definition) is 5. The quantitative estimate of drug-likeness (QED) is 0.690. The van der Waals surface area contributed by atoms with E-state index in [9.17, 15) is 13.2 Å². The number of hydrogen-bond donors (Lipinski definition) is 2. The fourth-order valence-electron chi connectivity index (χ4n) is 1.97. The molecule has 1 aromatic carbocycles. The fourth-order valence-corrected chi connectivity index (χ4v) is 2.56. The van der Waals surface area contributed by atoms with Crippen LogP contribution in [0.3, 0.4) is 0 Å². The van der Waals surface area contributed by atoms with Gasteiger partial charge in [-0.3, -0.25) is 9.78 Å². The van der Waals surface area contributed by atoms with E-state index in [-0.39, 0.29) is 0 Å². The molecule has 1 amide bonds. The number of sulfonamides is 1. The number of para-hydroxylation sites is 1. The number of nitrogens with zero attached hydrogens (tertiary/aromatic N) is 1. The summed E-state index contributed by atoms with van der Waals surface area (Å²) in [5.74, 6) is -0.421. The van der Waals surface area contributed by atoms with Crippen molar-refractivity contribution >= 4 is 26.8 Å². The van der Waals surface area contributed by atoms with Gasteiger partial charge in [0.2, 0.25) is 15.9 Å². The molecule has 2 N–H and O–H groups in total. The van der Waals surface area contributed by atoms with E-state index >= 15 is 0 Å². The Morgan fingerprint density at radius 3 is 2.83 bits per heavy atom. The van der Waals surface area contributed by atoms with Gasteiger partial charge in [0.25, 0.3) is 0 Å². The van der Waals surface area contributed by atoms with Crippen molar-refractivity contribution in [2.24, 2.45) is 0 Å². The van der Waals surface area contributed by atoms with E-state index in [1.165, 1.54) is 7.05 Å². The Morgan fingerprint density at radius 2 is 2.04 bits per heavy atom. The van der Waals surface area contributed by atoms with Crippen LogP contribution in [0.2, 0.25) is 0 Å². The Bertz CT molecular complexity index is 772. The molecule has 2 rings (SSSR count). The van der Waals surface area contributed by atoms with E-state index in [1.54, 1.807) is 6.20 Å². The van der Waals surface area contributed by atoms with E-state index in [4.69, 9.17) is 4.74 Å². The summed E-state index contributed by atoms with van der Waals surface area (Å²) in [5, 5.41) is 3.54. The van der Waals surface area contributed by atoms with Gasteiger partial charge in [-0.2, -0.15) is 0 Å². The summed E-state index contributed by atoms with van der Waals surface area (Å²) in [6.45, 7) is 0.741. The molecule has 0 fully saturated rings. The van der Waals surface area contributed by atoms with Crippen LogP contribution in [0.15, 0.2) is 36.5 Å². The lowest BCUT2D eigenvalue weighted by Gasteiger charge is -2.09. The topological polar surface area (TPSA) is 97.4 Å². The van der Waals surface area contributed by atoms with E-state index < -0.39 is 21.7 Å². The molecule has 1 heterocycles. The summed E-state index contributed by atoms with van der Waals surface area (Å²) in [7, 11) is -2.26. The molecule has 2 aromatic rings. The second kappa shape index (κ2) is 7.89. The minimum absolute atomic E-state index is 0.344. The first-order valence-electron chi connectivity index (χ1n) is 7.16. The van der Waals surface area contributed by atoms with Crippen molar-refractivity contribution in [2.45, 2.75) is 6.42 Å². The highest BCUT2D eigenvalue weighted by molar-refractivity contribution is 7.90. The molecule has 23 heavy (non-hydrogen) atoms. The Morgan fingerprint density at radius 1 is 1.26 bits per heavy atom. The van der Waals surface area contributed by atoms with E-state index in [0.29, 0.717) is 25.3 Å². The summed E-state index contributed by atoms with van der Waals surface area (Å²) in [4.78, 5) is 15.7. The molecule has 0 saturated heterocycles. The zero-order valence-corrected chi connectivity index (χ0v) is 13.6. The molecule has 0 aliphatic carbocycles. The number of ether oxygens (including phenoxy) is 1. The smallest absolute Gasteiger partial charge is 0.236 e. The third-order valence-electron chi connectivity index (χ3n) is 3.13. The first-order valence-corrected chi connectivity index (χ1v) is 8.81. The summed E-state index contributed by atoms with van der Waals surface area (Å²) >= 11 is 0. The third kappa shape index (κ3) is 5.19. The zero-order chi connectivity index (χ0) is 16.7. The number of carbonyl (C=O) groups excluding carboxylic acids is 1. The first kappa shape index (κ1) is 17.2. The van der Waals surface area contributed by atoms with Crippen LogP contribution in [0, 0.1) is 0 Å². The third-order valence-corrected chi connectivity index (χ3v) is 4.39. The molecule has 0 aliphatic rings. The van der Waals surface area contributed by atoms with E-state index in [0.717, 1.165) is 10.9 Å². The number of amides is 1. The van der Waals surface area contributed by atoms with Gasteiger partial charge in [0.15, 0.2) is 0 Å². The van der Waals surface area contributed by atoms with Crippen LogP contribution in [0.4, 0.5) is 0 Å². The van der Waals surface area contributed by atoms with Crippen LogP contribution < -0.4 is 14.8 Å². The first-order chi connectivity index (χ1) is 11.0. The largest absolute Gasteiger partial charge is 0.491 e. The molecule has 124 valence electrons. The van der Waals surface area contributed by atoms with Crippen molar-refractivity contribution in [1.29, 1.82) is 0 Å². The van der Waals surface area contributed by atoms with Gasteiger partial charge in [0, 0.05) is 18.1 Å². The highest BCUT2D eigenvalue weighted by Gasteiger charge is 2.13. The molecule has 8 heteroatoms. The number of rotatable bonds is 8. The highest BCUT2D eigenvalue weighted by atomic mass is 32.2. The Balaban J connectivity index is 1.76. The van der Waals surface area contributed by atoms with Gasteiger partial charge in [0.1, 0.15) is 17.0 Å². The average molecular weight is 337 g/mol. The number of carbonyl (C=O) groups is 1. The number of aromatic nitrogens is 1. The van der Waals surface area contributed by atoms with Crippen LogP contribution in [0.5, 0.6) is 5.75 Å². The van der Waals surface area contributed by atoms with Crippen molar-refractivity contribution < 1.29 is 17.9 Å². The van der Waals surface area contributed by atoms with Crippen LogP contribution in [0.1, 0.15) is 6.42 Å². The van der Waals surface area contributed by atoms with Crippen molar-refractivity contribution in [3.05, 3.63) is 36.5 Å². The van der Waals surface area contributed by atoms with Crippen LogP contribution in [-0.2, 0) is 14.8 Å². The van der Waals surface area contributed by atoms with Gasteiger partial charge in [-0.25, -0.2) is 13.1 Å². The Kier molecular flexibility index (Phi) is 5.89. The van der Waals surface area contributed by atoms with Crippen LogP contribution in [0.25, 0.3) is 10.9 Å². The molecule has 0 aliphatic heterocycles. The molecule has 1 aromatic heterocycles. The maximum atomic E-state index is 11.4. The summed E-state index contributed by atoms with van der Waals surface area (Å²) in [6, 6.07) is 9.51. The summed E-state index contributed by atoms with van der Waals surface area (Å²) in [6.07, 6.45) is 2.27. The fraction of sp³-hybridized carbons (Fsp3) is 0.333. The second-order valence-corrected chi connectivity index (χ2v) is 6.77.